The first-order valence-corrected chi connectivity index (χ1v) is 36.2. The van der Waals surface area contributed by atoms with Gasteiger partial charge in [0.05, 0.1) is 12.8 Å². The maximum atomic E-state index is 6.13. The predicted molar refractivity (Wildman–Crippen MR) is 171 cm³/mol. The summed E-state index contributed by atoms with van der Waals surface area (Å²) < 4.78 is 15.8. The lowest BCUT2D eigenvalue weighted by atomic mass is 11.0. The van der Waals surface area contributed by atoms with Crippen LogP contribution in [0.1, 0.15) is 6.92 Å². The van der Waals surface area contributed by atoms with E-state index in [1.165, 1.54) is 0 Å². The molecule has 4 nitrogen and oxygen atoms in total. The van der Waals surface area contributed by atoms with Gasteiger partial charge < -0.3 is 12.4 Å². The zero-order valence-electron chi connectivity index (χ0n) is 25.3. The van der Waals surface area contributed by atoms with Gasteiger partial charge in [-0.3, -0.25) is 0 Å². The Kier molecular flexibility index (Phi) is 9.26. The molecule has 0 aliphatic carbocycles. The Hall–Kier alpha value is 1.84. The minimum atomic E-state index is -1.75. The molecule has 12 heteroatoms. The smallest absolute Gasteiger partial charge is 0.173 e. The highest BCUT2D eigenvalue weighted by molar-refractivity contribution is 7.95. The van der Waals surface area contributed by atoms with Crippen LogP contribution in [0.4, 0.5) is 0 Å². The van der Waals surface area contributed by atoms with Crippen molar-refractivity contribution in [1.29, 1.82) is 0 Å². The van der Waals surface area contributed by atoms with Crippen molar-refractivity contribution in [2.75, 3.05) is 0 Å². The lowest BCUT2D eigenvalue weighted by Crippen LogP contribution is -2.69. The molecule has 1 aliphatic rings. The normalized spacial score (nSPS) is 27.2. The first-order valence-electron chi connectivity index (χ1n) is 12.4. The molecule has 1 rings (SSSR count). The van der Waals surface area contributed by atoms with Gasteiger partial charge in [-0.2, -0.15) is 0 Å². The molecule has 1 fully saturated rings. The molecule has 1 saturated heterocycles. The van der Waals surface area contributed by atoms with Gasteiger partial charge in [0, 0.05) is 8.22 Å². The molecule has 0 aromatic rings. The molecule has 192 valence electrons. The van der Waals surface area contributed by atoms with Crippen LogP contribution >= 0.6 is 15.6 Å². The van der Waals surface area contributed by atoms with E-state index < -0.39 is 56.8 Å². The van der Waals surface area contributed by atoms with E-state index in [1.54, 1.807) is 0 Å². The van der Waals surface area contributed by atoms with Crippen molar-refractivity contribution in [3.05, 3.63) is 0 Å². The SMILES string of the molecule is CC1P(N([Si](C)(C)C)[Si](C)(C)C)N([Si](C)(C)C)P1(=N[Si](C)(C)C)N([Si](C)(C)C)[Si](C)(C)C. The molecule has 0 saturated carbocycles. The van der Waals surface area contributed by atoms with E-state index in [-0.39, 0.29) is 8.22 Å². The molecule has 1 heterocycles. The molecule has 32 heavy (non-hydrogen) atoms. The first kappa shape index (κ1) is 31.9. The van der Waals surface area contributed by atoms with Gasteiger partial charge in [0.2, 0.25) is 0 Å². The Morgan fingerprint density at radius 3 is 1.19 bits per heavy atom. The predicted octanol–water partition coefficient (Wildman–Crippen LogP) is 9.60. The summed E-state index contributed by atoms with van der Waals surface area (Å²) in [5.41, 5.74) is 0. The Bertz CT molecular complexity index is 708. The van der Waals surface area contributed by atoms with E-state index in [0.29, 0.717) is 5.40 Å². The van der Waals surface area contributed by atoms with E-state index in [9.17, 15) is 0 Å². The third-order valence-electron chi connectivity index (χ3n) is 5.40. The minimum Gasteiger partial charge on any atom is -0.312 e. The molecular formula is C20H58N4P2Si6. The summed E-state index contributed by atoms with van der Waals surface area (Å²) in [4.78, 5) is 0. The molecule has 0 bridgehead atoms. The fraction of sp³-hybridized carbons (Fsp3) is 1.00. The fourth-order valence-corrected chi connectivity index (χ4v) is 61.1. The molecule has 0 aromatic heterocycles. The van der Waals surface area contributed by atoms with E-state index in [1.807, 2.05) is 0 Å². The Morgan fingerprint density at radius 1 is 0.625 bits per heavy atom. The van der Waals surface area contributed by atoms with Crippen LogP contribution in [0, 0.1) is 0 Å². The fourth-order valence-electron chi connectivity index (χ4n) is 5.92. The first-order chi connectivity index (χ1) is 13.6. The Labute approximate surface area is 210 Å². The third-order valence-corrected chi connectivity index (χ3v) is 45.1. The van der Waals surface area contributed by atoms with Gasteiger partial charge in [0.15, 0.2) is 8.24 Å². The van der Waals surface area contributed by atoms with Gasteiger partial charge in [0.1, 0.15) is 41.2 Å². The largest absolute Gasteiger partial charge is 0.312 e. The highest BCUT2D eigenvalue weighted by Gasteiger charge is 2.66. The van der Waals surface area contributed by atoms with E-state index in [2.05, 4.69) is 137 Å². The summed E-state index contributed by atoms with van der Waals surface area (Å²) in [6, 6.07) is 0. The number of hydrogen-bond acceptors (Lipinski definition) is 2. The zero-order valence-corrected chi connectivity index (χ0v) is 33.0. The molecule has 0 amide bonds. The highest BCUT2D eigenvalue weighted by atomic mass is 31.3. The van der Waals surface area contributed by atoms with E-state index in [0.717, 1.165) is 0 Å². The molecule has 0 radical (unpaired) electrons. The van der Waals surface area contributed by atoms with Gasteiger partial charge in [-0.1, -0.05) is 98.2 Å². The van der Waals surface area contributed by atoms with Gasteiger partial charge >= 0.3 is 0 Å². The monoisotopic (exact) mass is 584 g/mol. The Balaban J connectivity index is 4.13. The van der Waals surface area contributed by atoms with Gasteiger partial charge in [-0.15, -0.1) is 0 Å². The van der Waals surface area contributed by atoms with Crippen LogP contribution in [0.25, 0.3) is 0 Å². The summed E-state index contributed by atoms with van der Waals surface area (Å²) >= 11 is 0. The number of nitrogens with zero attached hydrogens (tertiary/aromatic N) is 4. The van der Waals surface area contributed by atoms with Crippen molar-refractivity contribution in [3.63, 3.8) is 0 Å². The van der Waals surface area contributed by atoms with Crippen molar-refractivity contribution in [3.8, 4) is 0 Å². The van der Waals surface area contributed by atoms with Crippen LogP contribution in [-0.2, 0) is 0 Å². The lowest BCUT2D eigenvalue weighted by molar-refractivity contribution is 0.763. The van der Waals surface area contributed by atoms with Crippen molar-refractivity contribution in [2.45, 2.75) is 130 Å². The molecule has 0 N–H and O–H groups in total. The van der Waals surface area contributed by atoms with Gasteiger partial charge in [-0.05, 0) is 26.6 Å². The van der Waals surface area contributed by atoms with Crippen LogP contribution in [-0.4, -0.2) is 66.9 Å². The Morgan fingerprint density at radius 2 is 0.969 bits per heavy atom. The summed E-state index contributed by atoms with van der Waals surface area (Å²) in [6.07, 6.45) is 0. The summed E-state index contributed by atoms with van der Waals surface area (Å²) in [5, 5.41) is 0.716. The minimum absolute atomic E-state index is 0.285. The molecule has 3 atom stereocenters. The number of rotatable bonds is 8. The quantitative estimate of drug-likeness (QED) is 0.209. The third kappa shape index (κ3) is 6.58. The van der Waals surface area contributed by atoms with Crippen molar-refractivity contribution in [1.82, 2.24) is 12.1 Å². The zero-order chi connectivity index (χ0) is 26.1. The number of hydrogen-bond donors (Lipinski definition) is 0. The van der Waals surface area contributed by atoms with Crippen LogP contribution in [0.5, 0.6) is 0 Å². The second kappa shape index (κ2) is 9.30. The molecule has 0 aromatic carbocycles. The van der Waals surface area contributed by atoms with Crippen LogP contribution in [0.2, 0.25) is 118 Å². The molecular weight excluding hydrogens is 527 g/mol. The van der Waals surface area contributed by atoms with Crippen LogP contribution in [0.15, 0.2) is 4.41 Å². The van der Waals surface area contributed by atoms with Crippen LogP contribution in [0.3, 0.4) is 0 Å². The maximum Gasteiger partial charge on any atom is 0.173 e. The van der Waals surface area contributed by atoms with E-state index in [4.69, 9.17) is 4.41 Å². The molecule has 0 spiro atoms. The second-order valence-corrected chi connectivity index (χ2v) is 53.6. The average molecular weight is 585 g/mol. The van der Waals surface area contributed by atoms with Crippen molar-refractivity contribution in [2.24, 2.45) is 4.41 Å². The van der Waals surface area contributed by atoms with Crippen molar-refractivity contribution < 1.29 is 0 Å². The van der Waals surface area contributed by atoms with Gasteiger partial charge in [0.25, 0.3) is 0 Å². The summed E-state index contributed by atoms with van der Waals surface area (Å²) in [7, 11) is -11.4. The maximum absolute atomic E-state index is 6.13. The standard InChI is InChI=1S/C20H58N4P2Si6/c1-20-25(23(29(8,9)10)30(11,12)13)22(28(5,6)7)26(20,21-27(2,3)4)24(31(14,15)16)32(17,18)19/h20H,1-19H3. The van der Waals surface area contributed by atoms with Crippen LogP contribution < -0.4 is 0 Å². The molecule has 1 aliphatic heterocycles. The van der Waals surface area contributed by atoms with E-state index >= 15 is 0 Å². The van der Waals surface area contributed by atoms with Crippen molar-refractivity contribution >= 4 is 65.0 Å². The highest BCUT2D eigenvalue weighted by Crippen LogP contribution is 2.90. The topological polar surface area (TPSA) is 22.1 Å². The lowest BCUT2D eigenvalue weighted by Gasteiger charge is -2.73. The molecule has 3 unspecified atom stereocenters. The average Bonchev–Trinajstić information content (AvgIpc) is 2.36. The second-order valence-electron chi connectivity index (χ2n) is 15.6. The summed E-state index contributed by atoms with van der Waals surface area (Å²) in [6.45, 7) is 49.3. The van der Waals surface area contributed by atoms with Gasteiger partial charge in [-0.25, -0.2) is 4.11 Å². The summed E-state index contributed by atoms with van der Waals surface area (Å²) in [5.74, 6) is 0.